The predicted molar refractivity (Wildman–Crippen MR) is 77.4 cm³/mol. The van der Waals surface area contributed by atoms with Crippen molar-refractivity contribution in [3.63, 3.8) is 0 Å². The van der Waals surface area contributed by atoms with Crippen LogP contribution in [-0.4, -0.2) is 39.6 Å². The number of nitrogens with one attached hydrogen (secondary N) is 2. The molecule has 7 nitrogen and oxygen atoms in total. The molecule has 0 unspecified atom stereocenters. The Bertz CT molecular complexity index is 701. The van der Waals surface area contributed by atoms with E-state index in [0.717, 1.165) is 11.0 Å². The maximum Gasteiger partial charge on any atom is 0.267 e. The number of imidazole rings is 1. The molecule has 108 valence electrons. The number of hydrogen-bond acceptors (Lipinski definition) is 4. The number of H-pyrrole nitrogens is 1. The van der Waals surface area contributed by atoms with Crippen LogP contribution in [0.3, 0.4) is 0 Å². The van der Waals surface area contributed by atoms with Gasteiger partial charge in [0, 0.05) is 19.9 Å². The van der Waals surface area contributed by atoms with Crippen molar-refractivity contribution in [1.82, 2.24) is 20.3 Å². The van der Waals surface area contributed by atoms with Crippen LogP contribution in [0.15, 0.2) is 29.4 Å². The first-order chi connectivity index (χ1) is 10.1. The van der Waals surface area contributed by atoms with Gasteiger partial charge in [-0.1, -0.05) is 12.1 Å². The van der Waals surface area contributed by atoms with E-state index in [0.29, 0.717) is 30.9 Å². The number of aromatic amines is 1. The second kappa shape index (κ2) is 5.35. The number of aromatic nitrogens is 2. The summed E-state index contributed by atoms with van der Waals surface area (Å²) in [7, 11) is 1.55. The van der Waals surface area contributed by atoms with Crippen LogP contribution in [0.2, 0.25) is 0 Å². The Hall–Kier alpha value is -2.70. The van der Waals surface area contributed by atoms with Crippen LogP contribution in [0.5, 0.6) is 0 Å². The largest absolute Gasteiger partial charge is 0.344 e. The van der Waals surface area contributed by atoms with Gasteiger partial charge in [-0.05, 0) is 12.1 Å². The molecular formula is C14H15N5O2. The number of para-hydroxylation sites is 2. The smallest absolute Gasteiger partial charge is 0.267 e. The van der Waals surface area contributed by atoms with Crippen molar-refractivity contribution in [2.24, 2.45) is 5.10 Å². The third kappa shape index (κ3) is 2.76. The summed E-state index contributed by atoms with van der Waals surface area (Å²) in [5.41, 5.74) is 2.16. The van der Waals surface area contributed by atoms with Crippen LogP contribution in [-0.2, 0) is 16.1 Å². The molecule has 2 N–H and O–H groups in total. The SMILES string of the molecule is CN1N=C(C(=O)NCc2nc3ccccc3[nH]2)CCC1=O. The lowest BCUT2D eigenvalue weighted by atomic mass is 10.1. The topological polar surface area (TPSA) is 90.4 Å². The van der Waals surface area contributed by atoms with Crippen LogP contribution >= 0.6 is 0 Å². The monoisotopic (exact) mass is 285 g/mol. The number of carbonyl (C=O) groups excluding carboxylic acids is 2. The molecule has 0 radical (unpaired) electrons. The molecule has 0 bridgehead atoms. The highest BCUT2D eigenvalue weighted by Gasteiger charge is 2.21. The highest BCUT2D eigenvalue weighted by atomic mass is 16.2. The quantitative estimate of drug-likeness (QED) is 0.873. The molecule has 0 aliphatic carbocycles. The van der Waals surface area contributed by atoms with Crippen molar-refractivity contribution < 1.29 is 9.59 Å². The molecule has 3 rings (SSSR count). The minimum atomic E-state index is -0.269. The Morgan fingerprint density at radius 2 is 2.19 bits per heavy atom. The summed E-state index contributed by atoms with van der Waals surface area (Å²) in [6.07, 6.45) is 0.683. The maximum atomic E-state index is 12.0. The molecule has 21 heavy (non-hydrogen) atoms. The summed E-state index contributed by atoms with van der Waals surface area (Å²) in [6.45, 7) is 0.296. The fourth-order valence-electron chi connectivity index (χ4n) is 2.19. The van der Waals surface area contributed by atoms with Crippen LogP contribution in [0.4, 0.5) is 0 Å². The summed E-state index contributed by atoms with van der Waals surface area (Å²) in [5.74, 6) is 0.337. The lowest BCUT2D eigenvalue weighted by molar-refractivity contribution is -0.130. The number of benzene rings is 1. The number of rotatable bonds is 3. The maximum absolute atomic E-state index is 12.0. The summed E-state index contributed by atoms with van der Waals surface area (Å²) in [4.78, 5) is 30.9. The molecule has 1 aliphatic rings. The first kappa shape index (κ1) is 13.3. The molecule has 7 heteroatoms. The second-order valence-corrected chi connectivity index (χ2v) is 4.85. The molecule has 1 aliphatic heterocycles. The van der Waals surface area contributed by atoms with Gasteiger partial charge in [0.05, 0.1) is 17.6 Å². The second-order valence-electron chi connectivity index (χ2n) is 4.85. The van der Waals surface area contributed by atoms with Gasteiger partial charge in [-0.25, -0.2) is 9.99 Å². The molecular weight excluding hydrogens is 270 g/mol. The number of amides is 2. The molecule has 2 heterocycles. The van der Waals surface area contributed by atoms with E-state index in [1.54, 1.807) is 7.05 Å². The Labute approximate surface area is 121 Å². The Morgan fingerprint density at radius 1 is 1.38 bits per heavy atom. The molecule has 2 amide bonds. The molecule has 0 fully saturated rings. The van der Waals surface area contributed by atoms with E-state index in [4.69, 9.17) is 0 Å². The van der Waals surface area contributed by atoms with Gasteiger partial charge < -0.3 is 10.3 Å². The molecule has 1 aromatic carbocycles. The summed E-state index contributed by atoms with van der Waals surface area (Å²) in [6, 6.07) is 7.67. The van der Waals surface area contributed by atoms with Crippen LogP contribution in [0.1, 0.15) is 18.7 Å². The highest BCUT2D eigenvalue weighted by molar-refractivity contribution is 6.39. The number of nitrogens with zero attached hydrogens (tertiary/aromatic N) is 3. The van der Waals surface area contributed by atoms with E-state index in [9.17, 15) is 9.59 Å². The first-order valence-corrected chi connectivity index (χ1v) is 6.69. The fraction of sp³-hybridized carbons (Fsp3) is 0.286. The van der Waals surface area contributed by atoms with Gasteiger partial charge in [-0.15, -0.1) is 0 Å². The molecule has 0 spiro atoms. The Kier molecular flexibility index (Phi) is 3.39. The number of carbonyl (C=O) groups is 2. The zero-order chi connectivity index (χ0) is 14.8. The van der Waals surface area contributed by atoms with Crippen molar-refractivity contribution >= 4 is 28.6 Å². The first-order valence-electron chi connectivity index (χ1n) is 6.69. The number of fused-ring (bicyclic) bond motifs is 1. The van der Waals surface area contributed by atoms with Crippen LogP contribution in [0, 0.1) is 0 Å². The minimum Gasteiger partial charge on any atom is -0.344 e. The van der Waals surface area contributed by atoms with Gasteiger partial charge in [0.25, 0.3) is 5.91 Å². The zero-order valence-corrected chi connectivity index (χ0v) is 11.6. The van der Waals surface area contributed by atoms with Gasteiger partial charge in [0.15, 0.2) is 0 Å². The van der Waals surface area contributed by atoms with Crippen molar-refractivity contribution in [3.05, 3.63) is 30.1 Å². The fourth-order valence-corrected chi connectivity index (χ4v) is 2.19. The zero-order valence-electron chi connectivity index (χ0n) is 11.6. The van der Waals surface area contributed by atoms with Gasteiger partial charge in [0.1, 0.15) is 11.5 Å². The van der Waals surface area contributed by atoms with E-state index in [1.165, 1.54) is 5.01 Å². The van der Waals surface area contributed by atoms with Gasteiger partial charge in [0.2, 0.25) is 5.91 Å². The summed E-state index contributed by atoms with van der Waals surface area (Å²) < 4.78 is 0. The van der Waals surface area contributed by atoms with Crippen molar-refractivity contribution in [2.45, 2.75) is 19.4 Å². The van der Waals surface area contributed by atoms with E-state index in [2.05, 4.69) is 20.4 Å². The highest BCUT2D eigenvalue weighted by Crippen LogP contribution is 2.10. The third-order valence-electron chi connectivity index (χ3n) is 3.32. The summed E-state index contributed by atoms with van der Waals surface area (Å²) in [5, 5.41) is 7.95. The predicted octanol–water partition coefficient (Wildman–Crippen LogP) is 0.787. The average Bonchev–Trinajstić information content (AvgIpc) is 2.90. The molecule has 1 aromatic heterocycles. The Balaban J connectivity index is 1.66. The van der Waals surface area contributed by atoms with Crippen molar-refractivity contribution in [1.29, 1.82) is 0 Å². The van der Waals surface area contributed by atoms with E-state index in [-0.39, 0.29) is 11.8 Å². The van der Waals surface area contributed by atoms with Gasteiger partial charge in [-0.3, -0.25) is 9.59 Å². The van der Waals surface area contributed by atoms with Crippen LogP contribution in [0.25, 0.3) is 11.0 Å². The van der Waals surface area contributed by atoms with E-state index >= 15 is 0 Å². The number of hydrogen-bond donors (Lipinski definition) is 2. The Morgan fingerprint density at radius 3 is 2.95 bits per heavy atom. The molecule has 0 saturated heterocycles. The minimum absolute atomic E-state index is 0.0798. The van der Waals surface area contributed by atoms with Crippen LogP contribution < -0.4 is 5.32 Å². The van der Waals surface area contributed by atoms with Gasteiger partial charge >= 0.3 is 0 Å². The average molecular weight is 285 g/mol. The third-order valence-corrected chi connectivity index (χ3v) is 3.32. The lowest BCUT2D eigenvalue weighted by Crippen LogP contribution is -2.37. The van der Waals surface area contributed by atoms with E-state index < -0.39 is 0 Å². The normalized spacial score (nSPS) is 15.2. The van der Waals surface area contributed by atoms with E-state index in [1.807, 2.05) is 24.3 Å². The van der Waals surface area contributed by atoms with Crippen molar-refractivity contribution in [3.8, 4) is 0 Å². The van der Waals surface area contributed by atoms with Crippen molar-refractivity contribution in [2.75, 3.05) is 7.05 Å². The lowest BCUT2D eigenvalue weighted by Gasteiger charge is -2.18. The molecule has 0 saturated carbocycles. The standard InChI is InChI=1S/C14H15N5O2/c1-19-13(20)7-6-11(18-19)14(21)15-8-12-16-9-4-2-3-5-10(9)17-12/h2-5H,6-8H2,1H3,(H,15,21)(H,16,17). The number of hydrazone groups is 1. The molecule has 2 aromatic rings. The van der Waals surface area contributed by atoms with Gasteiger partial charge in [-0.2, -0.15) is 5.10 Å². The molecule has 0 atom stereocenters. The summed E-state index contributed by atoms with van der Waals surface area (Å²) >= 11 is 0.